The van der Waals surface area contributed by atoms with E-state index in [0.29, 0.717) is 5.75 Å². The van der Waals surface area contributed by atoms with Gasteiger partial charge in [0.1, 0.15) is 0 Å². The minimum Gasteiger partial charge on any atom is -0.504 e. The number of aromatic hydroxyl groups is 1. The summed E-state index contributed by atoms with van der Waals surface area (Å²) in [7, 11) is 1.63. The van der Waals surface area contributed by atoms with Crippen LogP contribution in [0, 0.1) is 5.92 Å². The Labute approximate surface area is 155 Å². The maximum Gasteiger partial charge on any atom is 0.164 e. The third-order valence-electron chi connectivity index (χ3n) is 7.57. The van der Waals surface area contributed by atoms with E-state index in [1.165, 1.54) is 18.4 Å². The maximum atomic E-state index is 12.2. The highest BCUT2D eigenvalue weighted by Crippen LogP contribution is 2.59. The number of aliphatic hydroxyl groups is 1. The molecule has 5 nitrogen and oxygen atoms in total. The van der Waals surface area contributed by atoms with E-state index in [1.54, 1.807) is 13.2 Å². The van der Waals surface area contributed by atoms with Crippen molar-refractivity contribution in [1.29, 1.82) is 0 Å². The molecule has 3 N–H and O–H groups in total. The summed E-state index contributed by atoms with van der Waals surface area (Å²) in [5.41, 5.74) is 1.22. The fourth-order valence-electron chi connectivity index (χ4n) is 6.12. The van der Waals surface area contributed by atoms with Crippen molar-refractivity contribution < 1.29 is 14.9 Å². The number of fused-ring (bicyclic) bond motifs is 1. The van der Waals surface area contributed by atoms with Crippen molar-refractivity contribution in [3.63, 3.8) is 0 Å². The molecule has 0 radical (unpaired) electrons. The molecule has 26 heavy (non-hydrogen) atoms. The SMILES string of the molecule is COc1c(O)ccc2c1C13CCNCCC1(O)C(C2)N(CC1CC1)CC3. The van der Waals surface area contributed by atoms with Gasteiger partial charge in [-0.3, -0.25) is 4.90 Å². The molecule has 5 heteroatoms. The van der Waals surface area contributed by atoms with Crippen LogP contribution >= 0.6 is 0 Å². The number of methoxy groups -OCH3 is 1. The lowest BCUT2D eigenvalue weighted by Gasteiger charge is -2.61. The van der Waals surface area contributed by atoms with Crippen molar-refractivity contribution in [3.8, 4) is 11.5 Å². The summed E-state index contributed by atoms with van der Waals surface area (Å²) >= 11 is 0. The quantitative estimate of drug-likeness (QED) is 0.769. The van der Waals surface area contributed by atoms with Crippen LogP contribution in [0.15, 0.2) is 12.1 Å². The summed E-state index contributed by atoms with van der Waals surface area (Å²) in [6.45, 7) is 3.90. The molecule has 1 aromatic rings. The predicted octanol–water partition coefficient (Wildman–Crippen LogP) is 1.79. The first-order valence-corrected chi connectivity index (χ1v) is 10.2. The average molecular weight is 358 g/mol. The summed E-state index contributed by atoms with van der Waals surface area (Å²) in [6, 6.07) is 3.98. The number of hydrogen-bond acceptors (Lipinski definition) is 5. The van der Waals surface area contributed by atoms with Crippen LogP contribution in [0.3, 0.4) is 0 Å². The smallest absolute Gasteiger partial charge is 0.164 e. The van der Waals surface area contributed by atoms with Gasteiger partial charge in [-0.15, -0.1) is 0 Å². The van der Waals surface area contributed by atoms with Gasteiger partial charge in [-0.25, -0.2) is 0 Å². The Morgan fingerprint density at radius 1 is 1.23 bits per heavy atom. The third-order valence-corrected chi connectivity index (χ3v) is 7.57. The number of benzene rings is 1. The molecular formula is C21H30N2O3. The topological polar surface area (TPSA) is 65.0 Å². The maximum absolute atomic E-state index is 12.2. The van der Waals surface area contributed by atoms with Crippen molar-refractivity contribution in [1.82, 2.24) is 10.2 Å². The third kappa shape index (κ3) is 2.20. The van der Waals surface area contributed by atoms with Gasteiger partial charge in [-0.1, -0.05) is 6.07 Å². The molecule has 5 rings (SSSR count). The number of likely N-dealkylation sites (tertiary alicyclic amines) is 1. The van der Waals surface area contributed by atoms with Gasteiger partial charge in [0, 0.05) is 23.6 Å². The van der Waals surface area contributed by atoms with Crippen LogP contribution in [0.2, 0.25) is 0 Å². The lowest BCUT2D eigenvalue weighted by atomic mass is 9.52. The molecule has 2 saturated heterocycles. The first-order valence-electron chi connectivity index (χ1n) is 10.2. The Morgan fingerprint density at radius 3 is 2.81 bits per heavy atom. The molecule has 1 saturated carbocycles. The number of nitrogens with one attached hydrogen (secondary N) is 1. The van der Waals surface area contributed by atoms with Gasteiger partial charge in [0.05, 0.1) is 12.7 Å². The predicted molar refractivity (Wildman–Crippen MR) is 99.8 cm³/mol. The molecular weight excluding hydrogens is 328 g/mol. The number of nitrogens with zero attached hydrogens (tertiary/aromatic N) is 1. The van der Waals surface area contributed by atoms with Crippen molar-refractivity contribution in [2.24, 2.45) is 5.92 Å². The van der Waals surface area contributed by atoms with E-state index < -0.39 is 5.60 Å². The van der Waals surface area contributed by atoms with E-state index >= 15 is 0 Å². The summed E-state index contributed by atoms with van der Waals surface area (Å²) in [6.07, 6.45) is 6.11. The van der Waals surface area contributed by atoms with E-state index in [0.717, 1.165) is 63.3 Å². The Morgan fingerprint density at radius 2 is 2.04 bits per heavy atom. The Bertz CT molecular complexity index is 719. The standard InChI is InChI=1S/C21H30N2O3/c1-26-19-16(24)5-4-15-12-17-21(25)7-10-22-9-6-20(21,18(15)19)8-11-23(17)13-14-2-3-14/h4-5,14,17,22,24-25H,2-3,6-13H2,1H3. The minimum atomic E-state index is -0.766. The van der Waals surface area contributed by atoms with Crippen molar-refractivity contribution in [2.45, 2.75) is 55.6 Å². The highest BCUT2D eigenvalue weighted by atomic mass is 16.5. The van der Waals surface area contributed by atoms with E-state index in [1.807, 2.05) is 0 Å². The number of piperidine rings is 1. The lowest BCUT2D eigenvalue weighted by Crippen LogP contribution is -2.71. The summed E-state index contributed by atoms with van der Waals surface area (Å²) < 4.78 is 5.67. The van der Waals surface area contributed by atoms with Gasteiger partial charge in [-0.05, 0) is 75.7 Å². The Hall–Kier alpha value is -1.30. The Balaban J connectivity index is 1.69. The molecule has 3 fully saturated rings. The first-order chi connectivity index (χ1) is 12.6. The molecule has 4 aliphatic rings. The van der Waals surface area contributed by atoms with Gasteiger partial charge in [0.2, 0.25) is 0 Å². The average Bonchev–Trinajstić information content (AvgIpc) is 3.44. The largest absolute Gasteiger partial charge is 0.504 e. The van der Waals surface area contributed by atoms with Crippen LogP contribution in [0.4, 0.5) is 0 Å². The Kier molecular flexibility index (Phi) is 3.79. The zero-order valence-corrected chi connectivity index (χ0v) is 15.6. The molecule has 2 bridgehead atoms. The molecule has 2 heterocycles. The summed E-state index contributed by atoms with van der Waals surface area (Å²) in [5.74, 6) is 1.60. The van der Waals surface area contributed by atoms with Gasteiger partial charge >= 0.3 is 0 Å². The number of phenols is 1. The monoisotopic (exact) mass is 358 g/mol. The van der Waals surface area contributed by atoms with Crippen LogP contribution in [0.5, 0.6) is 11.5 Å². The number of hydrogen-bond donors (Lipinski definition) is 3. The van der Waals surface area contributed by atoms with E-state index in [9.17, 15) is 10.2 Å². The molecule has 3 atom stereocenters. The molecule has 0 amide bonds. The number of ether oxygens (including phenoxy) is 1. The zero-order chi connectivity index (χ0) is 17.9. The van der Waals surface area contributed by atoms with Gasteiger partial charge < -0.3 is 20.3 Å². The second-order valence-corrected chi connectivity index (χ2v) is 8.82. The molecule has 0 spiro atoms. The van der Waals surface area contributed by atoms with Crippen molar-refractivity contribution >= 4 is 0 Å². The van der Waals surface area contributed by atoms with Gasteiger partial charge in [-0.2, -0.15) is 0 Å². The van der Waals surface area contributed by atoms with E-state index in [2.05, 4.69) is 16.3 Å². The van der Waals surface area contributed by atoms with Crippen LogP contribution in [0.1, 0.15) is 43.2 Å². The fourth-order valence-corrected chi connectivity index (χ4v) is 6.12. The second-order valence-electron chi connectivity index (χ2n) is 8.82. The normalized spacial score (nSPS) is 36.8. The number of rotatable bonds is 3. The van der Waals surface area contributed by atoms with Crippen LogP contribution in [-0.2, 0) is 11.8 Å². The van der Waals surface area contributed by atoms with Crippen LogP contribution < -0.4 is 10.1 Å². The first kappa shape index (κ1) is 16.8. The molecule has 2 aliphatic carbocycles. The van der Waals surface area contributed by atoms with Crippen LogP contribution in [0.25, 0.3) is 0 Å². The van der Waals surface area contributed by atoms with Crippen molar-refractivity contribution in [2.75, 3.05) is 33.3 Å². The van der Waals surface area contributed by atoms with E-state index in [-0.39, 0.29) is 17.2 Å². The second kappa shape index (κ2) is 5.85. The highest BCUT2D eigenvalue weighted by molar-refractivity contribution is 5.58. The van der Waals surface area contributed by atoms with Crippen LogP contribution in [-0.4, -0.2) is 60.0 Å². The molecule has 2 aliphatic heterocycles. The van der Waals surface area contributed by atoms with Gasteiger partial charge in [0.15, 0.2) is 11.5 Å². The molecule has 1 aromatic carbocycles. The lowest BCUT2D eigenvalue weighted by molar-refractivity contribution is -0.149. The molecule has 0 aromatic heterocycles. The highest BCUT2D eigenvalue weighted by Gasteiger charge is 2.63. The van der Waals surface area contributed by atoms with Crippen molar-refractivity contribution in [3.05, 3.63) is 23.3 Å². The summed E-state index contributed by atoms with van der Waals surface area (Å²) in [4.78, 5) is 2.57. The summed E-state index contributed by atoms with van der Waals surface area (Å²) in [5, 5.41) is 26.1. The fraction of sp³-hybridized carbons (Fsp3) is 0.714. The van der Waals surface area contributed by atoms with Gasteiger partial charge in [0.25, 0.3) is 0 Å². The number of phenolic OH excluding ortho intramolecular Hbond substituents is 1. The minimum absolute atomic E-state index is 0.165. The molecule has 3 unspecified atom stereocenters. The molecule has 142 valence electrons. The van der Waals surface area contributed by atoms with E-state index in [4.69, 9.17) is 4.74 Å². The zero-order valence-electron chi connectivity index (χ0n) is 15.6.